The molecule has 0 aromatic heterocycles. The first kappa shape index (κ1) is 3.18. The Kier molecular flexibility index (Phi) is 1.73. The van der Waals surface area contributed by atoms with E-state index >= 15 is 0 Å². The van der Waals surface area contributed by atoms with E-state index in [2.05, 4.69) is 0 Å². The maximum absolute atomic E-state index is 8.75. The summed E-state index contributed by atoms with van der Waals surface area (Å²) in [6, 6.07) is 1.38. The van der Waals surface area contributed by atoms with Gasteiger partial charge in [0.05, 0.1) is 0 Å². The van der Waals surface area contributed by atoms with Gasteiger partial charge in [-0.15, -0.1) is 0 Å². The Hall–Kier alpha value is -0.820. The second kappa shape index (κ2) is 2.18. The Morgan fingerprint density at radius 2 is 2.25 bits per heavy atom. The van der Waals surface area contributed by atoms with E-state index in [0.29, 0.717) is 0 Å². The van der Waals surface area contributed by atoms with Crippen molar-refractivity contribution in [1.29, 1.82) is 5.41 Å². The van der Waals surface area contributed by atoms with Gasteiger partial charge in [-0.3, -0.25) is 0 Å². The van der Waals surface area contributed by atoms with Gasteiger partial charge in [-0.25, -0.2) is 5.16 Å². The molecule has 0 rings (SSSR count). The van der Waals surface area contributed by atoms with Gasteiger partial charge in [-0.2, -0.15) is 0 Å². The van der Waals surface area contributed by atoms with Crippen molar-refractivity contribution >= 4 is 6.01 Å². The molecule has 0 aliphatic carbocycles. The zero-order chi connectivity index (χ0) is 3.41. The molecule has 3 nitrogen and oxygen atoms in total. The summed E-state index contributed by atoms with van der Waals surface area (Å²) in [7, 11) is 0. The average Bonchev–Trinajstić information content (AvgIpc) is 1.37. The summed E-state index contributed by atoms with van der Waals surface area (Å²) in [5, 5.41) is 15.6. The van der Waals surface area contributed by atoms with Crippen LogP contribution in [0.4, 0.5) is 0 Å². The van der Waals surface area contributed by atoms with Crippen LogP contribution in [-0.2, 0) is 0 Å². The highest BCUT2D eigenvalue weighted by atomic mass is 16.4. The highest BCUT2D eigenvalue weighted by Gasteiger charge is 1.23. The molecule has 0 bridgehead atoms. The first-order chi connectivity index (χ1) is 1.91. The zero-order valence-electron chi connectivity index (χ0n) is 1.91. The van der Waals surface area contributed by atoms with Crippen molar-refractivity contribution in [1.82, 2.24) is 0 Å². The van der Waals surface area contributed by atoms with Crippen molar-refractivity contribution in [2.24, 2.45) is 0 Å². The van der Waals surface area contributed by atoms with E-state index in [1.165, 1.54) is 6.01 Å². The van der Waals surface area contributed by atoms with Crippen LogP contribution in [0, 0.1) is 10.6 Å². The van der Waals surface area contributed by atoms with Crippen LogP contribution < -0.4 is 5.16 Å². The minimum atomic E-state index is 1.10. The molecule has 0 spiro atoms. The minimum absolute atomic E-state index is 1.10. The van der Waals surface area contributed by atoms with Crippen molar-refractivity contribution in [3.8, 4) is 0 Å². The lowest BCUT2D eigenvalue weighted by molar-refractivity contribution is -0.365. The molecule has 0 saturated carbocycles. The Bertz CT molecular complexity index is 44.0. The lowest BCUT2D eigenvalue weighted by Crippen LogP contribution is -2.57. The van der Waals surface area contributed by atoms with E-state index in [4.69, 9.17) is 10.6 Å². The predicted octanol–water partition coefficient (Wildman–Crippen LogP) is -1.68. The molecule has 0 aromatic rings. The van der Waals surface area contributed by atoms with E-state index < -0.39 is 0 Å². The van der Waals surface area contributed by atoms with Gasteiger partial charge in [0.15, 0.2) is 0 Å². The maximum Gasteiger partial charge on any atom is 0.304 e. The molecule has 0 saturated heterocycles. The Labute approximate surface area is 23.1 Å². The van der Waals surface area contributed by atoms with Gasteiger partial charge in [-0.1, -0.05) is 5.41 Å². The molecule has 0 aromatic carbocycles. The summed E-state index contributed by atoms with van der Waals surface area (Å²) in [6.45, 7) is 0. The third-order valence-corrected chi connectivity index (χ3v) is 0.0510. The van der Waals surface area contributed by atoms with Crippen LogP contribution >= 0.6 is 0 Å². The van der Waals surface area contributed by atoms with Crippen LogP contribution in [-0.4, -0.2) is 6.01 Å². The fourth-order valence-corrected chi connectivity index (χ4v) is 0. The largest absolute Gasteiger partial charge is 0.710 e. The molecule has 0 heterocycles. The Balaban J connectivity index is 3.11. The molecule has 0 radical (unpaired) electrons. The van der Waals surface area contributed by atoms with Gasteiger partial charge < -0.3 is 5.21 Å². The molecular formula is CH2N2O. The molecule has 0 atom stereocenters. The van der Waals surface area contributed by atoms with Crippen molar-refractivity contribution in [3.05, 3.63) is 5.21 Å². The summed E-state index contributed by atoms with van der Waals surface area (Å²) in [5.74, 6) is 0. The van der Waals surface area contributed by atoms with Crippen molar-refractivity contribution in [3.63, 3.8) is 0 Å². The van der Waals surface area contributed by atoms with Crippen molar-refractivity contribution < 1.29 is 5.16 Å². The molecule has 0 fully saturated rings. The first-order valence-corrected chi connectivity index (χ1v) is 0.704. The normalized spacial score (nSPS) is 4.00. The number of hydrogen-bond donors (Lipinski definition) is 2. The lowest BCUT2D eigenvalue weighted by Gasteiger charge is -1.63. The molecule has 0 amide bonds. The van der Waals surface area contributed by atoms with Crippen LogP contribution in [0.5, 0.6) is 0 Å². The third kappa shape index (κ3) is 1.18. The summed E-state index contributed by atoms with van der Waals surface area (Å²) in [6.07, 6.45) is 0. The van der Waals surface area contributed by atoms with Gasteiger partial charge >= 0.3 is 6.01 Å². The average molecular weight is 58.0 g/mol. The highest BCUT2D eigenvalue weighted by molar-refractivity contribution is 5.26. The number of rotatable bonds is 0. The van der Waals surface area contributed by atoms with Crippen molar-refractivity contribution in [2.75, 3.05) is 0 Å². The topological polar surface area (TPSA) is 60.9 Å². The highest BCUT2D eigenvalue weighted by Crippen LogP contribution is 0.789. The summed E-state index contributed by atoms with van der Waals surface area (Å²) in [5.41, 5.74) is 0. The van der Waals surface area contributed by atoms with Gasteiger partial charge in [0.1, 0.15) is 0 Å². The van der Waals surface area contributed by atoms with Gasteiger partial charge in [0.2, 0.25) is 0 Å². The first-order valence-electron chi connectivity index (χ1n) is 0.704. The van der Waals surface area contributed by atoms with Crippen LogP contribution in [0.1, 0.15) is 0 Å². The SMILES string of the molecule is N=C=[NH+][O-]. The second-order valence-corrected chi connectivity index (χ2v) is 0.227. The maximum atomic E-state index is 8.75. The molecular weight excluding hydrogens is 56.0 g/mol. The van der Waals surface area contributed by atoms with E-state index in [9.17, 15) is 0 Å². The van der Waals surface area contributed by atoms with Gasteiger partial charge in [-0.05, 0) is 0 Å². The Morgan fingerprint density at radius 3 is 2.25 bits per heavy atom. The smallest absolute Gasteiger partial charge is 0.304 e. The second-order valence-electron chi connectivity index (χ2n) is 0.227. The lowest BCUT2D eigenvalue weighted by atomic mass is 11.6. The van der Waals surface area contributed by atoms with E-state index in [1.807, 2.05) is 0 Å². The summed E-state index contributed by atoms with van der Waals surface area (Å²) in [4.78, 5) is 0. The predicted molar refractivity (Wildman–Crippen MR) is 12.1 cm³/mol. The molecule has 0 aliphatic rings. The minimum Gasteiger partial charge on any atom is -0.710 e. The molecule has 3 heteroatoms. The van der Waals surface area contributed by atoms with Gasteiger partial charge in [0, 0.05) is 0 Å². The summed E-state index contributed by atoms with van der Waals surface area (Å²) >= 11 is 0. The van der Waals surface area contributed by atoms with E-state index in [-0.39, 0.29) is 0 Å². The van der Waals surface area contributed by atoms with Crippen LogP contribution in [0.25, 0.3) is 0 Å². The quantitative estimate of drug-likeness (QED) is 0.195. The third-order valence-electron chi connectivity index (χ3n) is 0.0510. The van der Waals surface area contributed by atoms with Crippen LogP contribution in [0.15, 0.2) is 0 Å². The molecule has 22 valence electrons. The van der Waals surface area contributed by atoms with Crippen LogP contribution in [0.2, 0.25) is 0 Å². The van der Waals surface area contributed by atoms with Gasteiger partial charge in [0.25, 0.3) is 0 Å². The molecule has 0 aliphatic heterocycles. The van der Waals surface area contributed by atoms with Crippen molar-refractivity contribution in [2.45, 2.75) is 0 Å². The fourth-order valence-electron chi connectivity index (χ4n) is 0. The molecule has 0 unspecified atom stereocenters. The fraction of sp³-hybridized carbons (Fsp3) is 0. The molecule has 4 heavy (non-hydrogen) atoms. The number of hydrogen-bond acceptors (Lipinski definition) is 2. The monoisotopic (exact) mass is 58.0 g/mol. The van der Waals surface area contributed by atoms with E-state index in [1.54, 1.807) is 0 Å². The van der Waals surface area contributed by atoms with E-state index in [0.717, 1.165) is 5.16 Å². The van der Waals surface area contributed by atoms with Crippen LogP contribution in [0.3, 0.4) is 0 Å². The zero-order valence-corrected chi connectivity index (χ0v) is 1.91. The standard InChI is InChI=1S/CH2N2O/c2-1-3-4/h2-3H. The Morgan fingerprint density at radius 1 is 2.00 bits per heavy atom. The number of nitrogens with one attached hydrogen (secondary N) is 2. The summed E-state index contributed by atoms with van der Waals surface area (Å²) < 4.78 is 0. The molecule has 2 N–H and O–H groups in total.